The van der Waals surface area contributed by atoms with Crippen LogP contribution in [0, 0.1) is 6.92 Å². The molecule has 4 aromatic rings. The van der Waals surface area contributed by atoms with Gasteiger partial charge in [-0.05, 0) is 110 Å². The van der Waals surface area contributed by atoms with Crippen molar-refractivity contribution in [2.75, 3.05) is 6.35 Å². The van der Waals surface area contributed by atoms with Crippen LogP contribution in [0.5, 0.6) is 17.2 Å². The third-order valence-corrected chi connectivity index (χ3v) is 10.0. The Morgan fingerprint density at radius 3 is 2.26 bits per heavy atom. The van der Waals surface area contributed by atoms with E-state index in [0.717, 1.165) is 29.7 Å². The Morgan fingerprint density at radius 1 is 0.872 bits per heavy atom. The Kier molecular flexibility index (Phi) is 11.1. The van der Waals surface area contributed by atoms with Gasteiger partial charge in [-0.15, -0.1) is 0 Å². The molecule has 0 spiro atoms. The quantitative estimate of drug-likeness (QED) is 0.107. The predicted octanol–water partition coefficient (Wildman–Crippen LogP) is 9.31. The van der Waals surface area contributed by atoms with Crippen LogP contribution in [0.1, 0.15) is 86.3 Å². The topological polar surface area (TPSA) is 83.1 Å². The first-order valence-corrected chi connectivity index (χ1v) is 18.2. The summed E-state index contributed by atoms with van der Waals surface area (Å²) < 4.78 is 37.8. The van der Waals surface area contributed by atoms with Gasteiger partial charge in [0.25, 0.3) is 0 Å². The molecule has 0 saturated carbocycles. The van der Waals surface area contributed by atoms with E-state index in [0.29, 0.717) is 24.0 Å². The second-order valence-corrected chi connectivity index (χ2v) is 14.9. The molecule has 8 heteroatoms. The molecule has 0 radical (unpaired) electrons. The van der Waals surface area contributed by atoms with Crippen molar-refractivity contribution in [3.05, 3.63) is 124 Å². The monoisotopic (exact) mass is 655 g/mol. The molecule has 3 atom stereocenters. The summed E-state index contributed by atoms with van der Waals surface area (Å²) in [5, 5.41) is 2.87. The lowest BCUT2D eigenvalue weighted by Gasteiger charge is -2.24. The number of benzene rings is 4. The summed E-state index contributed by atoms with van der Waals surface area (Å²) in [6.07, 6.45) is 1.35. The van der Waals surface area contributed by atoms with E-state index >= 15 is 0 Å². The van der Waals surface area contributed by atoms with Crippen molar-refractivity contribution in [2.24, 2.45) is 0 Å². The number of nitrogens with one attached hydrogen (secondary N) is 1. The molecule has 0 bridgehead atoms. The Morgan fingerprint density at radius 2 is 1.57 bits per heavy atom. The summed E-state index contributed by atoms with van der Waals surface area (Å²) in [7, 11) is -3.69. The second-order valence-electron chi connectivity index (χ2n) is 12.8. The minimum Gasteiger partial charge on any atom is -0.489 e. The molecule has 5 rings (SSSR count). The van der Waals surface area contributed by atoms with E-state index in [-0.39, 0.29) is 18.4 Å². The fourth-order valence-corrected chi connectivity index (χ4v) is 7.74. The highest BCUT2D eigenvalue weighted by atomic mass is 31.2. The maximum absolute atomic E-state index is 14.1. The van der Waals surface area contributed by atoms with Crippen LogP contribution in [0.2, 0.25) is 0 Å². The summed E-state index contributed by atoms with van der Waals surface area (Å²) in [4.78, 5) is 12.5. The lowest BCUT2D eigenvalue weighted by Crippen LogP contribution is -2.36. The van der Waals surface area contributed by atoms with E-state index < -0.39 is 19.5 Å². The molecule has 248 valence electrons. The number of carbonyl (C=O) groups excluding carboxylic acids is 1. The minimum absolute atomic E-state index is 0.259. The van der Waals surface area contributed by atoms with Gasteiger partial charge in [0.2, 0.25) is 0 Å². The molecule has 1 aliphatic rings. The van der Waals surface area contributed by atoms with Crippen molar-refractivity contribution >= 4 is 13.5 Å². The predicted molar refractivity (Wildman–Crippen MR) is 187 cm³/mol. The van der Waals surface area contributed by atoms with Gasteiger partial charge in [0.1, 0.15) is 29.9 Å². The highest BCUT2D eigenvalue weighted by Crippen LogP contribution is 2.46. The number of hydrogen-bond acceptors (Lipinski definition) is 6. The van der Waals surface area contributed by atoms with Gasteiger partial charge >= 0.3 is 13.5 Å². The molecule has 4 aromatic carbocycles. The fourth-order valence-electron chi connectivity index (χ4n) is 6.09. The van der Waals surface area contributed by atoms with Gasteiger partial charge in [0.05, 0.1) is 6.10 Å². The van der Waals surface area contributed by atoms with Crippen LogP contribution in [-0.4, -0.2) is 24.5 Å². The van der Waals surface area contributed by atoms with Gasteiger partial charge in [0, 0.05) is 5.92 Å². The Labute approximate surface area is 279 Å². The summed E-state index contributed by atoms with van der Waals surface area (Å²) in [5.41, 5.74) is 7.29. The molecule has 7 nitrogen and oxygen atoms in total. The molecule has 1 N–H and O–H groups in total. The molecule has 1 unspecified atom stereocenters. The summed E-state index contributed by atoms with van der Waals surface area (Å²) in [6.45, 7) is 12.2. The van der Waals surface area contributed by atoms with Gasteiger partial charge in [-0.25, -0.2) is 5.09 Å². The zero-order chi connectivity index (χ0) is 33.6. The molecular formula is C39H46NO6P. The standard InChI is InChI=1S/C39H46NO6P/c1-26(2)36-23-31(18-20-37(36)43-24-30-13-9-7-10-14-30)35-19-17-32-22-34(21-28(5)38(32)35)44-25-47(42,46-33-15-11-8-12-16-33)40-29(6)39(41)45-27(3)4/h7-16,18,20-23,26-27,29,35H,17,19,24-25H2,1-6H3,(H,40,42)/t29-,35+,47?/m0/s1. The van der Waals surface area contributed by atoms with Crippen LogP contribution in [0.4, 0.5) is 0 Å². The van der Waals surface area contributed by atoms with Gasteiger partial charge in [-0.1, -0.05) is 74.5 Å². The van der Waals surface area contributed by atoms with Gasteiger partial charge in [-0.2, -0.15) is 0 Å². The third kappa shape index (κ3) is 8.85. The molecule has 0 aromatic heterocycles. The van der Waals surface area contributed by atoms with Crippen molar-refractivity contribution in [1.82, 2.24) is 5.09 Å². The number of aryl methyl sites for hydroxylation is 2. The summed E-state index contributed by atoms with van der Waals surface area (Å²) >= 11 is 0. The van der Waals surface area contributed by atoms with Crippen molar-refractivity contribution in [3.8, 4) is 17.2 Å². The van der Waals surface area contributed by atoms with Gasteiger partial charge in [-0.3, -0.25) is 9.36 Å². The second kappa shape index (κ2) is 15.2. The highest BCUT2D eigenvalue weighted by molar-refractivity contribution is 7.57. The van der Waals surface area contributed by atoms with E-state index in [1.54, 1.807) is 45.0 Å². The van der Waals surface area contributed by atoms with Crippen LogP contribution in [-0.2, 0) is 27.1 Å². The first-order valence-electron chi connectivity index (χ1n) is 16.4. The maximum atomic E-state index is 14.1. The SMILES string of the molecule is Cc1cc(OCP(=O)(N[C@@H](C)C(=O)OC(C)C)Oc2ccccc2)cc2c1[C@@H](c1ccc(OCc3ccccc3)c(C(C)C)c1)CC2. The van der Waals surface area contributed by atoms with E-state index in [4.69, 9.17) is 18.7 Å². The van der Waals surface area contributed by atoms with E-state index in [1.165, 1.54) is 22.3 Å². The minimum atomic E-state index is -3.69. The molecule has 0 fully saturated rings. The average Bonchev–Trinajstić information content (AvgIpc) is 3.48. The van der Waals surface area contributed by atoms with Crippen LogP contribution in [0.15, 0.2) is 91.0 Å². The number of esters is 1. The number of ether oxygens (including phenoxy) is 3. The lowest BCUT2D eigenvalue weighted by atomic mass is 9.87. The number of rotatable bonds is 14. The van der Waals surface area contributed by atoms with Crippen LogP contribution in [0.3, 0.4) is 0 Å². The number of hydrogen-bond donors (Lipinski definition) is 1. The molecule has 0 aliphatic heterocycles. The molecule has 47 heavy (non-hydrogen) atoms. The Bertz CT molecular complexity index is 1710. The van der Waals surface area contributed by atoms with Gasteiger partial charge < -0.3 is 18.7 Å². The highest BCUT2D eigenvalue weighted by Gasteiger charge is 2.33. The van der Waals surface area contributed by atoms with E-state index in [9.17, 15) is 9.36 Å². The lowest BCUT2D eigenvalue weighted by molar-refractivity contribution is -0.149. The number of carbonyl (C=O) groups is 1. The normalized spacial score (nSPS) is 16.0. The molecule has 1 aliphatic carbocycles. The number of para-hydroxylation sites is 1. The third-order valence-electron chi connectivity index (χ3n) is 8.29. The van der Waals surface area contributed by atoms with Crippen molar-refractivity contribution in [3.63, 3.8) is 0 Å². The van der Waals surface area contributed by atoms with Crippen molar-refractivity contribution in [1.29, 1.82) is 0 Å². The first kappa shape index (κ1) is 34.3. The molecule has 0 saturated heterocycles. The fraction of sp³-hybridized carbons (Fsp3) is 0.359. The Hall–Kier alpha value is -4.06. The first-order chi connectivity index (χ1) is 22.5. The van der Waals surface area contributed by atoms with E-state index in [2.05, 4.69) is 56.2 Å². The number of fused-ring (bicyclic) bond motifs is 1. The summed E-state index contributed by atoms with van der Waals surface area (Å²) in [6, 6.07) is 28.9. The average molecular weight is 656 g/mol. The zero-order valence-corrected chi connectivity index (χ0v) is 29.1. The van der Waals surface area contributed by atoms with Crippen LogP contribution in [0.25, 0.3) is 0 Å². The zero-order valence-electron chi connectivity index (χ0n) is 28.2. The van der Waals surface area contributed by atoms with Gasteiger partial charge in [0.15, 0.2) is 6.35 Å². The van der Waals surface area contributed by atoms with Crippen LogP contribution < -0.4 is 19.1 Å². The maximum Gasteiger partial charge on any atom is 0.354 e. The van der Waals surface area contributed by atoms with E-state index in [1.807, 2.05) is 36.4 Å². The molecule has 0 heterocycles. The smallest absolute Gasteiger partial charge is 0.354 e. The molecular weight excluding hydrogens is 609 g/mol. The summed E-state index contributed by atoms with van der Waals surface area (Å²) in [5.74, 6) is 2.03. The largest absolute Gasteiger partial charge is 0.489 e. The van der Waals surface area contributed by atoms with Crippen LogP contribution >= 0.6 is 7.52 Å². The molecule has 0 amide bonds. The Balaban J connectivity index is 1.33. The van der Waals surface area contributed by atoms with Crippen molar-refractivity contribution < 1.29 is 28.1 Å². The van der Waals surface area contributed by atoms with Crippen molar-refractivity contribution in [2.45, 2.75) is 85.0 Å².